The van der Waals surface area contributed by atoms with Crippen LogP contribution < -0.4 is 4.74 Å². The number of aryl methyl sites for hydroxylation is 1. The zero-order valence-electron chi connectivity index (χ0n) is 14.7. The van der Waals surface area contributed by atoms with E-state index in [0.29, 0.717) is 28.0 Å². The van der Waals surface area contributed by atoms with Gasteiger partial charge in [0, 0.05) is 21.2 Å². The highest BCUT2D eigenvalue weighted by Crippen LogP contribution is 2.29. The molecule has 3 rings (SSSR count). The molecule has 0 amide bonds. The Morgan fingerprint density at radius 3 is 2.48 bits per heavy atom. The highest BCUT2D eigenvalue weighted by molar-refractivity contribution is 6.31. The van der Waals surface area contributed by atoms with E-state index in [1.807, 2.05) is 55.5 Å². The number of nitriles is 1. The van der Waals surface area contributed by atoms with Crippen molar-refractivity contribution in [1.82, 2.24) is 0 Å². The predicted molar refractivity (Wildman–Crippen MR) is 112 cm³/mol. The van der Waals surface area contributed by atoms with Crippen LogP contribution in [0.25, 0.3) is 11.6 Å². The fourth-order valence-corrected chi connectivity index (χ4v) is 2.97. The first kappa shape index (κ1) is 19.0. The third-order valence-electron chi connectivity index (χ3n) is 4.10. The number of allylic oxidation sites excluding steroid dienone is 1. The molecular formula is C23H17Cl2NO. The zero-order valence-corrected chi connectivity index (χ0v) is 16.3. The van der Waals surface area contributed by atoms with Crippen molar-refractivity contribution in [3.05, 3.63) is 99.0 Å². The quantitative estimate of drug-likeness (QED) is 0.347. The topological polar surface area (TPSA) is 33.0 Å². The van der Waals surface area contributed by atoms with Gasteiger partial charge in [0.15, 0.2) is 0 Å². The van der Waals surface area contributed by atoms with Gasteiger partial charge in [-0.2, -0.15) is 5.26 Å². The second-order valence-electron chi connectivity index (χ2n) is 6.10. The molecular weight excluding hydrogens is 377 g/mol. The molecule has 0 aliphatic heterocycles. The lowest BCUT2D eigenvalue weighted by Crippen LogP contribution is -1.98. The largest absolute Gasteiger partial charge is 0.488 e. The second kappa shape index (κ2) is 8.77. The highest BCUT2D eigenvalue weighted by Gasteiger charge is 2.08. The Morgan fingerprint density at radius 2 is 1.78 bits per heavy atom. The second-order valence-corrected chi connectivity index (χ2v) is 6.94. The first-order chi connectivity index (χ1) is 13.1. The Morgan fingerprint density at radius 1 is 1.04 bits per heavy atom. The van der Waals surface area contributed by atoms with Crippen LogP contribution in [0.4, 0.5) is 0 Å². The van der Waals surface area contributed by atoms with Crippen LogP contribution in [0.5, 0.6) is 5.75 Å². The maximum Gasteiger partial charge on any atom is 0.127 e. The van der Waals surface area contributed by atoms with Gasteiger partial charge in [-0.25, -0.2) is 0 Å². The van der Waals surface area contributed by atoms with Crippen LogP contribution in [-0.2, 0) is 6.61 Å². The highest BCUT2D eigenvalue weighted by atomic mass is 35.5. The smallest absolute Gasteiger partial charge is 0.127 e. The van der Waals surface area contributed by atoms with E-state index in [9.17, 15) is 5.26 Å². The molecule has 3 aromatic rings. The van der Waals surface area contributed by atoms with Crippen molar-refractivity contribution in [2.45, 2.75) is 13.5 Å². The molecule has 3 aromatic carbocycles. The molecule has 0 heterocycles. The van der Waals surface area contributed by atoms with E-state index in [2.05, 4.69) is 6.07 Å². The molecule has 134 valence electrons. The van der Waals surface area contributed by atoms with Gasteiger partial charge in [-0.05, 0) is 42.8 Å². The molecule has 0 saturated heterocycles. The Kier molecular flexibility index (Phi) is 6.19. The van der Waals surface area contributed by atoms with Crippen molar-refractivity contribution in [3.63, 3.8) is 0 Å². The van der Waals surface area contributed by atoms with Crippen LogP contribution in [-0.4, -0.2) is 0 Å². The van der Waals surface area contributed by atoms with Gasteiger partial charge < -0.3 is 4.74 Å². The van der Waals surface area contributed by atoms with Gasteiger partial charge >= 0.3 is 0 Å². The van der Waals surface area contributed by atoms with Crippen LogP contribution in [0.1, 0.15) is 22.3 Å². The average Bonchev–Trinajstić information content (AvgIpc) is 2.67. The SMILES string of the molecule is Cc1ccc(/C(C#N)=C/c2cc(Cl)ccc2OCc2ccccc2Cl)cc1. The summed E-state index contributed by atoms with van der Waals surface area (Å²) in [6.45, 7) is 2.34. The van der Waals surface area contributed by atoms with Gasteiger partial charge in [0.05, 0.1) is 11.6 Å². The number of halogens is 2. The van der Waals surface area contributed by atoms with Crippen molar-refractivity contribution in [2.75, 3.05) is 0 Å². The van der Waals surface area contributed by atoms with Crippen molar-refractivity contribution in [1.29, 1.82) is 5.26 Å². The van der Waals surface area contributed by atoms with Crippen LogP contribution >= 0.6 is 23.2 Å². The molecule has 0 fully saturated rings. The van der Waals surface area contributed by atoms with Gasteiger partial charge in [-0.3, -0.25) is 0 Å². The van der Waals surface area contributed by atoms with Gasteiger partial charge in [-0.1, -0.05) is 71.2 Å². The van der Waals surface area contributed by atoms with Crippen LogP contribution in [0.3, 0.4) is 0 Å². The average molecular weight is 394 g/mol. The predicted octanol–water partition coefficient (Wildman–Crippen LogP) is 6.95. The minimum atomic E-state index is 0.328. The molecule has 0 bridgehead atoms. The van der Waals surface area contributed by atoms with E-state index in [4.69, 9.17) is 27.9 Å². The summed E-state index contributed by atoms with van der Waals surface area (Å²) < 4.78 is 5.96. The van der Waals surface area contributed by atoms with Gasteiger partial charge in [-0.15, -0.1) is 0 Å². The first-order valence-electron chi connectivity index (χ1n) is 8.41. The summed E-state index contributed by atoms with van der Waals surface area (Å²) >= 11 is 12.4. The normalized spacial score (nSPS) is 11.1. The van der Waals surface area contributed by atoms with Crippen LogP contribution in [0, 0.1) is 18.3 Å². The lowest BCUT2D eigenvalue weighted by Gasteiger charge is -2.11. The summed E-state index contributed by atoms with van der Waals surface area (Å²) in [5, 5.41) is 10.8. The number of benzene rings is 3. The lowest BCUT2D eigenvalue weighted by molar-refractivity contribution is 0.305. The van der Waals surface area contributed by atoms with Gasteiger partial charge in [0.25, 0.3) is 0 Å². The number of rotatable bonds is 5. The molecule has 0 radical (unpaired) electrons. The van der Waals surface area contributed by atoms with Crippen LogP contribution in [0.15, 0.2) is 66.7 Å². The molecule has 0 aliphatic carbocycles. The summed E-state index contributed by atoms with van der Waals surface area (Å²) in [6, 6.07) is 23.0. The maximum atomic E-state index is 9.61. The summed E-state index contributed by atoms with van der Waals surface area (Å²) in [6.07, 6.45) is 1.79. The van der Waals surface area contributed by atoms with E-state index in [1.54, 1.807) is 24.3 Å². The van der Waals surface area contributed by atoms with Crippen molar-refractivity contribution in [2.24, 2.45) is 0 Å². The standard InChI is InChI=1S/C23H17Cl2NO/c1-16-6-8-17(9-7-16)20(14-26)12-19-13-21(24)10-11-23(19)27-15-18-4-2-3-5-22(18)25/h2-13H,15H2,1H3/b20-12+. The monoisotopic (exact) mass is 393 g/mol. The molecule has 0 atom stereocenters. The zero-order chi connectivity index (χ0) is 19.2. The molecule has 0 aromatic heterocycles. The molecule has 0 aliphatic rings. The first-order valence-corrected chi connectivity index (χ1v) is 9.17. The number of hydrogen-bond donors (Lipinski definition) is 0. The third kappa shape index (κ3) is 4.92. The molecule has 0 saturated carbocycles. The molecule has 0 spiro atoms. The molecule has 27 heavy (non-hydrogen) atoms. The third-order valence-corrected chi connectivity index (χ3v) is 4.70. The Hall–Kier alpha value is -2.73. The molecule has 0 N–H and O–H groups in total. The minimum Gasteiger partial charge on any atom is -0.488 e. The van der Waals surface area contributed by atoms with Gasteiger partial charge in [0.2, 0.25) is 0 Å². The summed E-state index contributed by atoms with van der Waals surface area (Å²) in [5.41, 5.74) is 4.16. The number of hydrogen-bond acceptors (Lipinski definition) is 2. The molecule has 0 unspecified atom stereocenters. The van der Waals surface area contributed by atoms with Crippen molar-refractivity contribution in [3.8, 4) is 11.8 Å². The van der Waals surface area contributed by atoms with E-state index >= 15 is 0 Å². The number of nitrogens with zero attached hydrogens (tertiary/aromatic N) is 1. The fourth-order valence-electron chi connectivity index (χ4n) is 2.60. The Balaban J connectivity index is 1.92. The molecule has 4 heteroatoms. The lowest BCUT2D eigenvalue weighted by atomic mass is 10.0. The van der Waals surface area contributed by atoms with E-state index in [1.165, 1.54) is 0 Å². The van der Waals surface area contributed by atoms with E-state index in [-0.39, 0.29) is 0 Å². The van der Waals surface area contributed by atoms with E-state index < -0.39 is 0 Å². The Bertz CT molecular complexity index is 1020. The number of ether oxygens (including phenoxy) is 1. The summed E-state index contributed by atoms with van der Waals surface area (Å²) in [4.78, 5) is 0. The summed E-state index contributed by atoms with van der Waals surface area (Å²) in [7, 11) is 0. The van der Waals surface area contributed by atoms with Crippen LogP contribution in [0.2, 0.25) is 10.0 Å². The molecule has 2 nitrogen and oxygen atoms in total. The minimum absolute atomic E-state index is 0.328. The maximum absolute atomic E-state index is 9.61. The fraction of sp³-hybridized carbons (Fsp3) is 0.0870. The van der Waals surface area contributed by atoms with Gasteiger partial charge in [0.1, 0.15) is 12.4 Å². The summed E-state index contributed by atoms with van der Waals surface area (Å²) in [5.74, 6) is 0.638. The van der Waals surface area contributed by atoms with E-state index in [0.717, 1.165) is 22.3 Å². The Labute approximate surface area is 169 Å². The van der Waals surface area contributed by atoms with Crippen molar-refractivity contribution >= 4 is 34.9 Å². The van der Waals surface area contributed by atoms with Crippen molar-refractivity contribution < 1.29 is 4.74 Å².